The third-order valence-corrected chi connectivity index (χ3v) is 6.38. The Kier molecular flexibility index (Phi) is 12.1. The van der Waals surface area contributed by atoms with Crippen LogP contribution in [0.1, 0.15) is 54.1 Å². The second-order valence-corrected chi connectivity index (χ2v) is 9.25. The number of hydroxylamine groups is 1. The Morgan fingerprint density at radius 2 is 1.61 bits per heavy atom. The molecule has 0 aliphatic carbocycles. The van der Waals surface area contributed by atoms with Crippen molar-refractivity contribution >= 4 is 12.3 Å². The van der Waals surface area contributed by atoms with Crippen LogP contribution in [-0.4, -0.2) is 39.2 Å². The van der Waals surface area contributed by atoms with E-state index in [4.69, 9.17) is 19.2 Å². The summed E-state index contributed by atoms with van der Waals surface area (Å²) < 4.78 is 11.2. The van der Waals surface area contributed by atoms with Gasteiger partial charge < -0.3 is 19.4 Å². The van der Waals surface area contributed by atoms with E-state index in [1.54, 1.807) is 55.0 Å². The van der Waals surface area contributed by atoms with Gasteiger partial charge >= 0.3 is 0 Å². The van der Waals surface area contributed by atoms with Crippen molar-refractivity contribution in [3.05, 3.63) is 114 Å². The van der Waals surface area contributed by atoms with Gasteiger partial charge in [-0.3, -0.25) is 19.7 Å². The smallest absolute Gasteiger partial charge is 0.278 e. The first-order chi connectivity index (χ1) is 19.9. The summed E-state index contributed by atoms with van der Waals surface area (Å²) in [6, 6.07) is 24.5. The van der Waals surface area contributed by atoms with Crippen molar-refractivity contribution in [1.82, 2.24) is 10.4 Å². The first-order valence-electron chi connectivity index (χ1n) is 13.4. The molecule has 2 amide bonds. The van der Waals surface area contributed by atoms with E-state index in [0.29, 0.717) is 23.5 Å². The number of hydrogen-bond acceptors (Lipinski definition) is 7. The topological polar surface area (TPSA) is 132 Å². The van der Waals surface area contributed by atoms with Gasteiger partial charge in [-0.25, -0.2) is 5.48 Å². The van der Waals surface area contributed by atoms with Crippen LogP contribution in [0.4, 0.5) is 0 Å². The van der Waals surface area contributed by atoms with Crippen LogP contribution in [0.5, 0.6) is 5.75 Å². The molecule has 9 heteroatoms. The third kappa shape index (κ3) is 8.77. The standard InChI is InChI=1S/C31H33NO5.CH3NO2/c1-2-3-4-10-20-37-29-14-9-8-11-26(29)22-32(31(34,35)28-12-6-5-7-13-28)30(33)25-17-15-24(16-18-25)27-19-21-36-23-27;3-1-2-4/h5-9,11-19,21,23,34-35H,2-4,10,20,22H2,1H3;1,4H,(H,2,3). The molecule has 0 bridgehead atoms. The summed E-state index contributed by atoms with van der Waals surface area (Å²) in [6.07, 6.45) is 7.71. The summed E-state index contributed by atoms with van der Waals surface area (Å²) in [5, 5.41) is 29.9. The van der Waals surface area contributed by atoms with E-state index in [9.17, 15) is 15.0 Å². The molecule has 0 unspecified atom stereocenters. The molecule has 4 rings (SSSR count). The van der Waals surface area contributed by atoms with Crippen molar-refractivity contribution in [2.24, 2.45) is 0 Å². The van der Waals surface area contributed by atoms with Crippen LogP contribution in [0.25, 0.3) is 11.1 Å². The zero-order valence-electron chi connectivity index (χ0n) is 23.0. The Labute approximate surface area is 239 Å². The maximum absolute atomic E-state index is 13.8. The van der Waals surface area contributed by atoms with Gasteiger partial charge in [-0.15, -0.1) is 0 Å². The molecule has 0 aliphatic heterocycles. The minimum absolute atomic E-state index is 0.0602. The predicted octanol–water partition coefficient (Wildman–Crippen LogP) is 5.46. The maximum Gasteiger partial charge on any atom is 0.278 e. The number of hydrogen-bond donors (Lipinski definition) is 4. The van der Waals surface area contributed by atoms with Gasteiger partial charge in [0.15, 0.2) is 0 Å². The number of rotatable bonds is 13. The first kappa shape index (κ1) is 31.1. The largest absolute Gasteiger partial charge is 0.493 e. The average molecular weight is 561 g/mol. The van der Waals surface area contributed by atoms with Gasteiger partial charge in [0.1, 0.15) is 5.75 Å². The number of benzene rings is 3. The fourth-order valence-corrected chi connectivity index (χ4v) is 4.19. The highest BCUT2D eigenvalue weighted by Crippen LogP contribution is 2.30. The predicted molar refractivity (Wildman–Crippen MR) is 154 cm³/mol. The van der Waals surface area contributed by atoms with Crippen LogP contribution in [0.3, 0.4) is 0 Å². The van der Waals surface area contributed by atoms with Crippen molar-refractivity contribution in [2.45, 2.75) is 45.1 Å². The lowest BCUT2D eigenvalue weighted by Gasteiger charge is -2.36. The quantitative estimate of drug-likeness (QED) is 0.0561. The van der Waals surface area contributed by atoms with Crippen molar-refractivity contribution in [3.8, 4) is 16.9 Å². The Bertz CT molecular complexity index is 1320. The Balaban J connectivity index is 0.00000108. The number of carbonyl (C=O) groups is 2. The molecule has 216 valence electrons. The second kappa shape index (κ2) is 16.0. The number of unbranched alkanes of at least 4 members (excludes halogenated alkanes) is 3. The highest BCUT2D eigenvalue weighted by atomic mass is 16.5. The molecule has 9 nitrogen and oxygen atoms in total. The van der Waals surface area contributed by atoms with E-state index in [2.05, 4.69) is 6.92 Å². The molecule has 0 saturated carbocycles. The number of furan rings is 1. The minimum atomic E-state index is -2.55. The lowest BCUT2D eigenvalue weighted by atomic mass is 10.0. The van der Waals surface area contributed by atoms with Crippen LogP contribution in [0, 0.1) is 0 Å². The Morgan fingerprint density at radius 1 is 0.927 bits per heavy atom. The van der Waals surface area contributed by atoms with Gasteiger partial charge in [0, 0.05) is 22.3 Å². The van der Waals surface area contributed by atoms with Crippen molar-refractivity contribution in [1.29, 1.82) is 0 Å². The molecule has 1 aromatic heterocycles. The van der Waals surface area contributed by atoms with E-state index in [0.717, 1.165) is 41.7 Å². The SMILES string of the molecule is CCCCCCOc1ccccc1CN(C(=O)c1ccc(-c2ccoc2)cc1)C(O)(O)c1ccccc1.O=CNO. The minimum Gasteiger partial charge on any atom is -0.493 e. The average Bonchev–Trinajstić information content (AvgIpc) is 3.56. The van der Waals surface area contributed by atoms with Gasteiger partial charge in [-0.1, -0.05) is 86.8 Å². The van der Waals surface area contributed by atoms with Crippen molar-refractivity contribution in [3.63, 3.8) is 0 Å². The van der Waals surface area contributed by atoms with E-state index < -0.39 is 11.8 Å². The molecule has 4 N–H and O–H groups in total. The normalized spacial score (nSPS) is 10.7. The van der Waals surface area contributed by atoms with Crippen LogP contribution >= 0.6 is 0 Å². The fourth-order valence-electron chi connectivity index (χ4n) is 4.19. The number of para-hydroxylation sites is 1. The molecule has 0 spiro atoms. The number of ether oxygens (including phenoxy) is 1. The lowest BCUT2D eigenvalue weighted by molar-refractivity contribution is -0.259. The fraction of sp³-hybridized carbons (Fsp3) is 0.250. The second-order valence-electron chi connectivity index (χ2n) is 9.25. The molecule has 0 fully saturated rings. The summed E-state index contributed by atoms with van der Waals surface area (Å²) in [5.41, 5.74) is 4.24. The van der Waals surface area contributed by atoms with Crippen LogP contribution in [0.2, 0.25) is 0 Å². The highest BCUT2D eigenvalue weighted by molar-refractivity contribution is 5.95. The van der Waals surface area contributed by atoms with Crippen LogP contribution in [0.15, 0.2) is 102 Å². The van der Waals surface area contributed by atoms with Gasteiger partial charge in [0.25, 0.3) is 11.8 Å². The molecule has 3 aromatic carbocycles. The number of nitrogens with one attached hydrogen (secondary N) is 1. The summed E-state index contributed by atoms with van der Waals surface area (Å²) in [4.78, 5) is 23.6. The molecule has 41 heavy (non-hydrogen) atoms. The summed E-state index contributed by atoms with van der Waals surface area (Å²) in [7, 11) is 0. The van der Waals surface area contributed by atoms with E-state index in [1.165, 1.54) is 5.48 Å². The van der Waals surface area contributed by atoms with E-state index >= 15 is 0 Å². The molecule has 0 aliphatic rings. The molecule has 4 aromatic rings. The number of carbonyl (C=O) groups excluding carboxylic acids is 2. The lowest BCUT2D eigenvalue weighted by Crippen LogP contribution is -2.49. The maximum atomic E-state index is 13.8. The van der Waals surface area contributed by atoms with Gasteiger partial charge in [-0.05, 0) is 36.2 Å². The monoisotopic (exact) mass is 560 g/mol. The van der Waals surface area contributed by atoms with Gasteiger partial charge in [0.05, 0.1) is 25.7 Å². The van der Waals surface area contributed by atoms with Gasteiger partial charge in [-0.2, -0.15) is 0 Å². The molecule has 0 saturated heterocycles. The third-order valence-electron chi connectivity index (χ3n) is 6.38. The number of aliphatic hydroxyl groups is 2. The molecular formula is C32H36N2O7. The van der Waals surface area contributed by atoms with E-state index in [1.807, 2.05) is 42.5 Å². The molecule has 0 radical (unpaired) electrons. The molecular weight excluding hydrogens is 524 g/mol. The van der Waals surface area contributed by atoms with Crippen molar-refractivity contribution < 1.29 is 34.2 Å². The van der Waals surface area contributed by atoms with Gasteiger partial charge in [0.2, 0.25) is 6.41 Å². The number of amides is 2. The summed E-state index contributed by atoms with van der Waals surface area (Å²) in [6.45, 7) is 2.66. The Hall–Kier alpha value is -4.44. The number of nitrogens with zero attached hydrogens (tertiary/aromatic N) is 1. The zero-order valence-corrected chi connectivity index (χ0v) is 23.0. The zero-order chi connectivity index (χ0) is 29.5. The molecule has 1 heterocycles. The molecule has 0 atom stereocenters. The van der Waals surface area contributed by atoms with Crippen molar-refractivity contribution in [2.75, 3.05) is 6.61 Å². The summed E-state index contributed by atoms with van der Waals surface area (Å²) >= 11 is 0. The summed E-state index contributed by atoms with van der Waals surface area (Å²) in [5.74, 6) is -2.45. The van der Waals surface area contributed by atoms with Crippen LogP contribution < -0.4 is 10.2 Å². The first-order valence-corrected chi connectivity index (χ1v) is 13.4. The Morgan fingerprint density at radius 3 is 2.24 bits per heavy atom. The highest BCUT2D eigenvalue weighted by Gasteiger charge is 2.38. The van der Waals surface area contributed by atoms with E-state index in [-0.39, 0.29) is 18.5 Å². The van der Waals surface area contributed by atoms with Crippen LogP contribution in [-0.2, 0) is 17.3 Å².